The van der Waals surface area contributed by atoms with Crippen LogP contribution in [-0.4, -0.2) is 7.11 Å². The maximum atomic E-state index is 5.31. The number of ether oxygens (including phenoxy) is 1. The Kier molecular flexibility index (Phi) is 3.34. The predicted octanol–water partition coefficient (Wildman–Crippen LogP) is 3.93. The van der Waals surface area contributed by atoms with Crippen LogP contribution in [0.3, 0.4) is 0 Å². The van der Waals surface area contributed by atoms with Crippen LogP contribution in [0.1, 0.15) is 18.2 Å². The number of halogens is 1. The van der Waals surface area contributed by atoms with E-state index in [1.165, 1.54) is 22.5 Å². The van der Waals surface area contributed by atoms with Gasteiger partial charge in [-0.05, 0) is 52.2 Å². The zero-order chi connectivity index (χ0) is 15.1. The summed E-state index contributed by atoms with van der Waals surface area (Å²) in [7, 11) is 1.68. The van der Waals surface area contributed by atoms with Gasteiger partial charge in [0.05, 0.1) is 11.6 Å². The van der Waals surface area contributed by atoms with Crippen LogP contribution in [0.4, 0.5) is 0 Å². The Bertz CT molecular complexity index is 745. The summed E-state index contributed by atoms with van der Waals surface area (Å²) >= 11 is 3.56. The van der Waals surface area contributed by atoms with E-state index in [1.54, 1.807) is 7.11 Å². The minimum absolute atomic E-state index is 0.0575. The molecule has 1 aromatic rings. The molecule has 0 amide bonds. The summed E-state index contributed by atoms with van der Waals surface area (Å²) in [6.07, 6.45) is 12.2. The van der Waals surface area contributed by atoms with Crippen molar-refractivity contribution in [1.29, 1.82) is 0 Å². The van der Waals surface area contributed by atoms with Crippen LogP contribution in [0, 0.1) is 5.92 Å². The van der Waals surface area contributed by atoms with E-state index < -0.39 is 0 Å². The number of nitrogens with one attached hydrogen (secondary N) is 2. The fourth-order valence-electron chi connectivity index (χ4n) is 3.26. The van der Waals surface area contributed by atoms with Crippen molar-refractivity contribution in [2.24, 2.45) is 5.92 Å². The van der Waals surface area contributed by atoms with Gasteiger partial charge in [-0.25, -0.2) is 0 Å². The third-order valence-corrected chi connectivity index (χ3v) is 4.96. The Hall–Kier alpha value is -1.94. The molecule has 112 valence electrons. The van der Waals surface area contributed by atoms with Crippen LogP contribution >= 0.6 is 15.9 Å². The van der Waals surface area contributed by atoms with Crippen LogP contribution in [0.2, 0.25) is 0 Å². The molecule has 0 spiro atoms. The Morgan fingerprint density at radius 1 is 1.27 bits per heavy atom. The van der Waals surface area contributed by atoms with E-state index in [-0.39, 0.29) is 6.17 Å². The molecule has 2 N–H and O–H groups in total. The topological polar surface area (TPSA) is 33.3 Å². The molecule has 0 saturated heterocycles. The number of methoxy groups -OCH3 is 1. The van der Waals surface area contributed by atoms with Crippen molar-refractivity contribution >= 4 is 15.9 Å². The van der Waals surface area contributed by atoms with E-state index in [0.717, 1.165) is 16.6 Å². The van der Waals surface area contributed by atoms with E-state index in [9.17, 15) is 0 Å². The van der Waals surface area contributed by atoms with E-state index in [4.69, 9.17) is 4.74 Å². The molecule has 0 radical (unpaired) electrons. The fourth-order valence-corrected chi connectivity index (χ4v) is 3.82. The number of benzene rings is 1. The van der Waals surface area contributed by atoms with Gasteiger partial charge in [0.1, 0.15) is 11.9 Å². The third-order valence-electron chi connectivity index (χ3n) is 4.34. The molecule has 2 aliphatic carbocycles. The van der Waals surface area contributed by atoms with Crippen molar-refractivity contribution in [3.05, 3.63) is 75.6 Å². The minimum Gasteiger partial charge on any atom is -0.496 e. The Morgan fingerprint density at radius 3 is 3.00 bits per heavy atom. The summed E-state index contributed by atoms with van der Waals surface area (Å²) in [5.41, 5.74) is 5.00. The summed E-state index contributed by atoms with van der Waals surface area (Å²) in [5, 5.41) is 7.22. The standard InChI is InChI=1S/C18H17BrN2O/c1-22-16-9-8-12(10-13(16)19)18-20-14-6-2-4-11-5-3-7-15(21-18)17(11)14/h2-4,6-11,18,20-21H,5H2,1H3/t11-,18?/m1/s1. The van der Waals surface area contributed by atoms with Crippen molar-refractivity contribution in [1.82, 2.24) is 10.6 Å². The molecule has 1 unspecified atom stereocenters. The maximum Gasteiger partial charge on any atom is 0.133 e. The van der Waals surface area contributed by atoms with Gasteiger partial charge in [-0.15, -0.1) is 0 Å². The van der Waals surface area contributed by atoms with Crippen molar-refractivity contribution in [2.45, 2.75) is 12.6 Å². The lowest BCUT2D eigenvalue weighted by Crippen LogP contribution is -2.41. The third kappa shape index (κ3) is 2.18. The second-order valence-corrected chi connectivity index (χ2v) is 6.51. The molecule has 0 bridgehead atoms. The highest BCUT2D eigenvalue weighted by Gasteiger charge is 2.30. The molecule has 0 saturated carbocycles. The Labute approximate surface area is 138 Å². The average Bonchev–Trinajstić information content (AvgIpc) is 2.55. The van der Waals surface area contributed by atoms with Gasteiger partial charge in [-0.2, -0.15) is 0 Å². The van der Waals surface area contributed by atoms with Gasteiger partial charge in [-0.1, -0.05) is 24.3 Å². The van der Waals surface area contributed by atoms with Crippen LogP contribution in [0.5, 0.6) is 5.75 Å². The normalized spacial score (nSPS) is 25.1. The van der Waals surface area contributed by atoms with Crippen LogP contribution in [0.25, 0.3) is 0 Å². The van der Waals surface area contributed by atoms with Crippen molar-refractivity contribution in [3.8, 4) is 5.75 Å². The quantitative estimate of drug-likeness (QED) is 0.842. The number of hydrogen-bond donors (Lipinski definition) is 2. The minimum atomic E-state index is 0.0575. The SMILES string of the molecule is COc1ccc(C2NC3=CC=C[C@@H]4CC=CC(=C34)N2)cc1Br. The van der Waals surface area contributed by atoms with Crippen molar-refractivity contribution < 1.29 is 4.74 Å². The molecule has 1 heterocycles. The number of hydrogen-bond acceptors (Lipinski definition) is 3. The van der Waals surface area contributed by atoms with Crippen molar-refractivity contribution in [3.63, 3.8) is 0 Å². The van der Waals surface area contributed by atoms with Crippen molar-refractivity contribution in [2.75, 3.05) is 7.11 Å². The lowest BCUT2D eigenvalue weighted by Gasteiger charge is -2.37. The zero-order valence-electron chi connectivity index (χ0n) is 12.3. The maximum absolute atomic E-state index is 5.31. The summed E-state index contributed by atoms with van der Waals surface area (Å²) in [6, 6.07) is 6.17. The van der Waals surface area contributed by atoms with E-state index >= 15 is 0 Å². The molecule has 3 aliphatic rings. The smallest absolute Gasteiger partial charge is 0.133 e. The first-order chi connectivity index (χ1) is 10.8. The summed E-state index contributed by atoms with van der Waals surface area (Å²) < 4.78 is 6.27. The highest BCUT2D eigenvalue weighted by molar-refractivity contribution is 9.10. The second-order valence-electron chi connectivity index (χ2n) is 5.65. The van der Waals surface area contributed by atoms with Crippen LogP contribution < -0.4 is 15.4 Å². The van der Waals surface area contributed by atoms with E-state index in [0.29, 0.717) is 5.92 Å². The van der Waals surface area contributed by atoms with E-state index in [2.05, 4.69) is 69.1 Å². The zero-order valence-corrected chi connectivity index (χ0v) is 13.9. The monoisotopic (exact) mass is 356 g/mol. The van der Waals surface area contributed by atoms with Crippen LogP contribution in [0.15, 0.2) is 70.0 Å². The molecule has 1 aromatic carbocycles. The molecule has 0 fully saturated rings. The second kappa shape index (κ2) is 5.36. The molecule has 22 heavy (non-hydrogen) atoms. The molecule has 4 heteroatoms. The van der Waals surface area contributed by atoms with Gasteiger partial charge in [-0.3, -0.25) is 0 Å². The first kappa shape index (κ1) is 13.7. The first-order valence-corrected chi connectivity index (χ1v) is 8.21. The molecule has 2 atom stereocenters. The van der Waals surface area contributed by atoms with Gasteiger partial charge in [0.2, 0.25) is 0 Å². The largest absolute Gasteiger partial charge is 0.496 e. The molecule has 0 aromatic heterocycles. The highest BCUT2D eigenvalue weighted by atomic mass is 79.9. The van der Waals surface area contributed by atoms with E-state index in [1.807, 2.05) is 6.07 Å². The number of allylic oxidation sites excluding steroid dienone is 6. The lowest BCUT2D eigenvalue weighted by atomic mass is 9.83. The van der Waals surface area contributed by atoms with Crippen LogP contribution in [-0.2, 0) is 0 Å². The summed E-state index contributed by atoms with van der Waals surface area (Å²) in [6.45, 7) is 0. The molecule has 4 rings (SSSR count). The van der Waals surface area contributed by atoms with Gasteiger partial charge >= 0.3 is 0 Å². The lowest BCUT2D eigenvalue weighted by molar-refractivity contribution is 0.411. The first-order valence-electron chi connectivity index (χ1n) is 7.42. The Balaban J connectivity index is 1.70. The summed E-state index contributed by atoms with van der Waals surface area (Å²) in [5.74, 6) is 1.33. The predicted molar refractivity (Wildman–Crippen MR) is 91.2 cm³/mol. The van der Waals surface area contributed by atoms with Gasteiger partial charge in [0.15, 0.2) is 0 Å². The highest BCUT2D eigenvalue weighted by Crippen LogP contribution is 2.38. The van der Waals surface area contributed by atoms with Gasteiger partial charge in [0, 0.05) is 22.9 Å². The number of rotatable bonds is 2. The van der Waals surface area contributed by atoms with Gasteiger partial charge < -0.3 is 15.4 Å². The molecular weight excluding hydrogens is 340 g/mol. The average molecular weight is 357 g/mol. The summed E-state index contributed by atoms with van der Waals surface area (Å²) in [4.78, 5) is 0. The van der Waals surface area contributed by atoms with Gasteiger partial charge in [0.25, 0.3) is 0 Å². The fraction of sp³-hybridized carbons (Fsp3) is 0.222. The molecular formula is C18H17BrN2O. The Morgan fingerprint density at radius 2 is 2.18 bits per heavy atom. The molecule has 3 nitrogen and oxygen atoms in total. The molecule has 1 aliphatic heterocycles.